The van der Waals surface area contributed by atoms with Crippen molar-refractivity contribution < 1.29 is 19.4 Å². The van der Waals surface area contributed by atoms with Crippen LogP contribution in [0.4, 0.5) is 4.79 Å². The standard InChI is InChI=1S/C13H21NO4/c1-12(2,3)18-11(17)14-6-4-9-8-13(9,5-7-14)10(15)16/h9H,4-8H2,1-3H3,(H,15,16)/t9-,13-/m0/s1. The summed E-state index contributed by atoms with van der Waals surface area (Å²) in [5.41, 5.74) is -1.06. The molecule has 102 valence electrons. The van der Waals surface area contributed by atoms with Gasteiger partial charge in [-0.3, -0.25) is 4.79 Å². The molecule has 1 saturated heterocycles. The maximum atomic E-state index is 11.9. The number of likely N-dealkylation sites (tertiary alicyclic amines) is 1. The topological polar surface area (TPSA) is 66.8 Å². The van der Waals surface area contributed by atoms with Gasteiger partial charge in [-0.1, -0.05) is 0 Å². The van der Waals surface area contributed by atoms with Gasteiger partial charge in [0.05, 0.1) is 5.41 Å². The number of carboxylic acid groups (broad SMARTS) is 1. The van der Waals surface area contributed by atoms with Crippen LogP contribution in [0, 0.1) is 11.3 Å². The Morgan fingerprint density at radius 1 is 1.33 bits per heavy atom. The summed E-state index contributed by atoms with van der Waals surface area (Å²) in [6.45, 7) is 6.59. The first-order chi connectivity index (χ1) is 8.24. The van der Waals surface area contributed by atoms with E-state index in [1.807, 2.05) is 20.8 Å². The second kappa shape index (κ2) is 4.14. The Kier molecular flexibility index (Phi) is 3.03. The van der Waals surface area contributed by atoms with E-state index < -0.39 is 17.0 Å². The van der Waals surface area contributed by atoms with Crippen molar-refractivity contribution in [3.63, 3.8) is 0 Å². The van der Waals surface area contributed by atoms with Crippen molar-refractivity contribution in [2.75, 3.05) is 13.1 Å². The minimum atomic E-state index is -0.710. The van der Waals surface area contributed by atoms with Crippen LogP contribution in [0.2, 0.25) is 0 Å². The van der Waals surface area contributed by atoms with E-state index in [9.17, 15) is 14.7 Å². The number of hydrogen-bond acceptors (Lipinski definition) is 3. The molecule has 0 bridgehead atoms. The lowest BCUT2D eigenvalue weighted by atomic mass is 9.99. The minimum absolute atomic E-state index is 0.238. The number of nitrogens with zero attached hydrogens (tertiary/aromatic N) is 1. The molecule has 0 aromatic heterocycles. The van der Waals surface area contributed by atoms with Crippen LogP contribution in [0.25, 0.3) is 0 Å². The van der Waals surface area contributed by atoms with Gasteiger partial charge < -0.3 is 14.7 Å². The maximum absolute atomic E-state index is 11.9. The Balaban J connectivity index is 1.95. The van der Waals surface area contributed by atoms with Crippen molar-refractivity contribution >= 4 is 12.1 Å². The van der Waals surface area contributed by atoms with Crippen molar-refractivity contribution in [2.24, 2.45) is 11.3 Å². The molecule has 2 rings (SSSR count). The highest BCUT2D eigenvalue weighted by Crippen LogP contribution is 2.58. The van der Waals surface area contributed by atoms with Crippen molar-refractivity contribution in [2.45, 2.75) is 45.6 Å². The van der Waals surface area contributed by atoms with Gasteiger partial charge in [0.1, 0.15) is 5.60 Å². The Bertz CT molecular complexity index is 374. The molecule has 0 spiro atoms. The van der Waals surface area contributed by atoms with Gasteiger partial charge in [-0.25, -0.2) is 4.79 Å². The van der Waals surface area contributed by atoms with Gasteiger partial charge in [-0.05, 0) is 46.0 Å². The number of aliphatic carboxylic acids is 1. The first-order valence-electron chi connectivity index (χ1n) is 6.46. The van der Waals surface area contributed by atoms with Crippen LogP contribution in [0.1, 0.15) is 40.0 Å². The summed E-state index contributed by atoms with van der Waals surface area (Å²) >= 11 is 0. The number of carbonyl (C=O) groups is 2. The van der Waals surface area contributed by atoms with Gasteiger partial charge in [0.25, 0.3) is 0 Å². The predicted octanol–water partition coefficient (Wildman–Crippen LogP) is 2.11. The Morgan fingerprint density at radius 3 is 2.56 bits per heavy atom. The van der Waals surface area contributed by atoms with Crippen molar-refractivity contribution in [3.8, 4) is 0 Å². The highest BCUT2D eigenvalue weighted by Gasteiger charge is 2.60. The molecular weight excluding hydrogens is 234 g/mol. The van der Waals surface area contributed by atoms with Gasteiger partial charge >= 0.3 is 12.1 Å². The van der Waals surface area contributed by atoms with Gasteiger partial charge in [0.2, 0.25) is 0 Å². The van der Waals surface area contributed by atoms with E-state index in [2.05, 4.69) is 0 Å². The van der Waals surface area contributed by atoms with Crippen LogP contribution >= 0.6 is 0 Å². The maximum Gasteiger partial charge on any atom is 0.410 e. The number of rotatable bonds is 1. The lowest BCUT2D eigenvalue weighted by Crippen LogP contribution is -2.38. The summed E-state index contributed by atoms with van der Waals surface area (Å²) in [7, 11) is 0. The molecule has 1 aliphatic carbocycles. The van der Waals surface area contributed by atoms with E-state index in [1.54, 1.807) is 4.90 Å². The first kappa shape index (κ1) is 13.2. The fourth-order valence-corrected chi connectivity index (χ4v) is 2.70. The molecule has 2 aliphatic rings. The normalized spacial score (nSPS) is 31.3. The quantitative estimate of drug-likeness (QED) is 0.779. The second-order valence-corrected chi connectivity index (χ2v) is 6.37. The molecule has 2 fully saturated rings. The molecule has 1 aliphatic heterocycles. The molecule has 1 N–H and O–H groups in total. The third-order valence-electron chi connectivity index (χ3n) is 3.88. The zero-order valence-corrected chi connectivity index (χ0v) is 11.2. The molecule has 0 aromatic rings. The zero-order valence-electron chi connectivity index (χ0n) is 11.2. The number of carboxylic acids is 1. The number of fused-ring (bicyclic) bond motifs is 1. The summed E-state index contributed by atoms with van der Waals surface area (Å²) in [4.78, 5) is 24.8. The van der Waals surface area contributed by atoms with E-state index >= 15 is 0 Å². The SMILES string of the molecule is CC(C)(C)OC(=O)N1CC[C@H]2C[C@@]2(C(=O)O)CC1. The Morgan fingerprint density at radius 2 is 2.00 bits per heavy atom. The fraction of sp³-hybridized carbons (Fsp3) is 0.846. The van der Waals surface area contributed by atoms with Crippen molar-refractivity contribution in [1.29, 1.82) is 0 Å². The van der Waals surface area contributed by atoms with Crippen molar-refractivity contribution in [3.05, 3.63) is 0 Å². The smallest absolute Gasteiger partial charge is 0.410 e. The monoisotopic (exact) mass is 255 g/mol. The van der Waals surface area contributed by atoms with Crippen LogP contribution < -0.4 is 0 Å². The van der Waals surface area contributed by atoms with E-state index in [4.69, 9.17) is 4.74 Å². The van der Waals surface area contributed by atoms with Crippen LogP contribution in [0.5, 0.6) is 0 Å². The molecule has 0 aromatic carbocycles. The van der Waals surface area contributed by atoms with Gasteiger partial charge in [0.15, 0.2) is 0 Å². The average molecular weight is 255 g/mol. The lowest BCUT2D eigenvalue weighted by molar-refractivity contribution is -0.144. The minimum Gasteiger partial charge on any atom is -0.481 e. The van der Waals surface area contributed by atoms with Crippen molar-refractivity contribution in [1.82, 2.24) is 4.90 Å². The van der Waals surface area contributed by atoms with Gasteiger partial charge in [-0.2, -0.15) is 0 Å². The van der Waals surface area contributed by atoms with E-state index in [0.717, 1.165) is 12.8 Å². The lowest BCUT2D eigenvalue weighted by Gasteiger charge is -2.26. The number of amides is 1. The molecule has 1 saturated carbocycles. The zero-order chi connectivity index (χ0) is 13.6. The predicted molar refractivity (Wildman–Crippen MR) is 65.2 cm³/mol. The van der Waals surface area contributed by atoms with Crippen LogP contribution in [0.15, 0.2) is 0 Å². The summed E-state index contributed by atoms with van der Waals surface area (Å²) in [6, 6.07) is 0. The van der Waals surface area contributed by atoms with Gasteiger partial charge in [-0.15, -0.1) is 0 Å². The Hall–Kier alpha value is -1.26. The average Bonchev–Trinajstić information content (AvgIpc) is 2.87. The molecule has 1 heterocycles. The van der Waals surface area contributed by atoms with Gasteiger partial charge in [0, 0.05) is 13.1 Å². The summed E-state index contributed by atoms with van der Waals surface area (Å²) in [6.07, 6.45) is 1.76. The highest BCUT2D eigenvalue weighted by atomic mass is 16.6. The number of carbonyl (C=O) groups excluding carboxylic acids is 1. The molecule has 18 heavy (non-hydrogen) atoms. The molecule has 5 heteroatoms. The fourth-order valence-electron chi connectivity index (χ4n) is 2.70. The molecule has 0 unspecified atom stereocenters. The Labute approximate surface area is 107 Å². The largest absolute Gasteiger partial charge is 0.481 e. The van der Waals surface area contributed by atoms with Crippen LogP contribution in [-0.4, -0.2) is 40.8 Å². The van der Waals surface area contributed by atoms with Crippen LogP contribution in [0.3, 0.4) is 0 Å². The van der Waals surface area contributed by atoms with E-state index in [0.29, 0.717) is 19.5 Å². The summed E-state index contributed by atoms with van der Waals surface area (Å²) in [5.74, 6) is -0.471. The third-order valence-corrected chi connectivity index (χ3v) is 3.88. The third kappa shape index (κ3) is 2.44. The summed E-state index contributed by atoms with van der Waals surface area (Å²) in [5, 5.41) is 9.24. The van der Waals surface area contributed by atoms with E-state index in [-0.39, 0.29) is 12.0 Å². The number of ether oxygens (including phenoxy) is 1. The summed E-state index contributed by atoms with van der Waals surface area (Å²) < 4.78 is 5.32. The number of hydrogen-bond donors (Lipinski definition) is 1. The first-order valence-corrected chi connectivity index (χ1v) is 6.46. The molecular formula is C13H21NO4. The molecule has 1 amide bonds. The molecule has 0 radical (unpaired) electrons. The second-order valence-electron chi connectivity index (χ2n) is 6.37. The van der Waals surface area contributed by atoms with E-state index in [1.165, 1.54) is 0 Å². The molecule has 5 nitrogen and oxygen atoms in total. The van der Waals surface area contributed by atoms with Crippen LogP contribution in [-0.2, 0) is 9.53 Å². The molecule has 2 atom stereocenters. The highest BCUT2D eigenvalue weighted by molar-refractivity contribution is 5.79.